The lowest BCUT2D eigenvalue weighted by atomic mass is 10.7. The first-order chi connectivity index (χ1) is 7.50. The number of aromatic amines is 1. The summed E-state index contributed by atoms with van der Waals surface area (Å²) in [7, 11) is 0. The maximum atomic E-state index is 3.74. The molecular weight excluding hydrogens is 226 g/mol. The van der Waals surface area contributed by atoms with Gasteiger partial charge in [-0.1, -0.05) is 0 Å². The van der Waals surface area contributed by atoms with Crippen molar-refractivity contribution in [3.05, 3.63) is 58.7 Å². The van der Waals surface area contributed by atoms with Crippen LogP contribution < -0.4 is 0 Å². The number of rotatable bonds is 0. The molecule has 0 unspecified atom stereocenters. The quantitative estimate of drug-likeness (QED) is 0.651. The fraction of sp³-hybridized carbons (Fsp3) is 0. The summed E-state index contributed by atoms with van der Waals surface area (Å²) < 4.78 is 0. The van der Waals surface area contributed by atoms with Gasteiger partial charge in [0.05, 0.1) is 11.0 Å². The van der Waals surface area contributed by atoms with Crippen LogP contribution in [0.1, 0.15) is 0 Å². The van der Waals surface area contributed by atoms with Crippen molar-refractivity contribution in [2.75, 3.05) is 0 Å². The number of thiazole rings is 2. The Bertz CT molecular complexity index is 251. The lowest BCUT2D eigenvalue weighted by Gasteiger charge is -1.49. The normalized spacial score (nSPS) is 8.00. The summed E-state index contributed by atoms with van der Waals surface area (Å²) in [4.78, 5) is 10.3. The molecule has 0 aromatic carbocycles. The molecule has 3 aromatic rings. The van der Waals surface area contributed by atoms with Gasteiger partial charge in [-0.3, -0.25) is 9.97 Å². The van der Waals surface area contributed by atoms with E-state index in [0.717, 1.165) is 0 Å². The number of nitrogens with one attached hydrogen (secondary N) is 1. The maximum Gasteiger partial charge on any atom is 0.0791 e. The first-order valence-electron chi connectivity index (χ1n) is 4.22. The molecular formula is C10H11N3S2. The minimum Gasteiger partial charge on any atom is -0.368 e. The second kappa shape index (κ2) is 9.11. The van der Waals surface area contributed by atoms with Crippen molar-refractivity contribution in [3.8, 4) is 0 Å². The SMILES string of the molecule is c1cc[nH]c1.c1cscn1.c1cscn1. The molecule has 15 heavy (non-hydrogen) atoms. The van der Waals surface area contributed by atoms with E-state index in [1.165, 1.54) is 0 Å². The van der Waals surface area contributed by atoms with Crippen molar-refractivity contribution >= 4 is 22.7 Å². The van der Waals surface area contributed by atoms with Gasteiger partial charge in [-0.05, 0) is 12.1 Å². The van der Waals surface area contributed by atoms with Crippen LogP contribution in [0.5, 0.6) is 0 Å². The highest BCUT2D eigenvalue weighted by Gasteiger charge is 1.60. The van der Waals surface area contributed by atoms with Crippen molar-refractivity contribution in [1.82, 2.24) is 15.0 Å². The fourth-order valence-electron chi connectivity index (χ4n) is 0.629. The molecule has 3 heterocycles. The molecule has 0 radical (unpaired) electrons. The van der Waals surface area contributed by atoms with Crippen molar-refractivity contribution in [3.63, 3.8) is 0 Å². The highest BCUT2D eigenvalue weighted by molar-refractivity contribution is 7.07. The largest absolute Gasteiger partial charge is 0.368 e. The van der Waals surface area contributed by atoms with Crippen LogP contribution in [0.3, 0.4) is 0 Å². The first kappa shape index (κ1) is 11.6. The van der Waals surface area contributed by atoms with Gasteiger partial charge in [-0.2, -0.15) is 0 Å². The molecule has 5 heteroatoms. The molecule has 78 valence electrons. The van der Waals surface area contributed by atoms with Crippen LogP contribution in [0.25, 0.3) is 0 Å². The van der Waals surface area contributed by atoms with E-state index < -0.39 is 0 Å². The van der Waals surface area contributed by atoms with Crippen molar-refractivity contribution in [1.29, 1.82) is 0 Å². The van der Waals surface area contributed by atoms with Gasteiger partial charge < -0.3 is 4.98 Å². The van der Waals surface area contributed by atoms with E-state index in [1.54, 1.807) is 46.1 Å². The monoisotopic (exact) mass is 237 g/mol. The summed E-state index contributed by atoms with van der Waals surface area (Å²) in [6, 6.07) is 3.89. The number of hydrogen-bond donors (Lipinski definition) is 1. The average Bonchev–Trinajstić information content (AvgIpc) is 3.09. The maximum absolute atomic E-state index is 3.74. The number of H-pyrrole nitrogens is 1. The van der Waals surface area contributed by atoms with Gasteiger partial charge in [0.2, 0.25) is 0 Å². The zero-order valence-electron chi connectivity index (χ0n) is 7.98. The molecule has 0 bridgehead atoms. The summed E-state index contributed by atoms with van der Waals surface area (Å²) >= 11 is 3.20. The van der Waals surface area contributed by atoms with E-state index in [-0.39, 0.29) is 0 Å². The van der Waals surface area contributed by atoms with Crippen LogP contribution in [0.2, 0.25) is 0 Å². The van der Waals surface area contributed by atoms with E-state index >= 15 is 0 Å². The van der Waals surface area contributed by atoms with Crippen LogP contribution in [-0.2, 0) is 0 Å². The third kappa shape index (κ3) is 7.60. The molecule has 0 atom stereocenters. The Morgan fingerprint density at radius 3 is 1.47 bits per heavy atom. The molecule has 3 aromatic heterocycles. The van der Waals surface area contributed by atoms with Gasteiger partial charge in [0.1, 0.15) is 0 Å². The van der Waals surface area contributed by atoms with E-state index in [1.807, 2.05) is 35.3 Å². The lowest BCUT2D eigenvalue weighted by Crippen LogP contribution is -1.38. The van der Waals surface area contributed by atoms with Gasteiger partial charge in [0, 0.05) is 35.5 Å². The molecule has 3 rings (SSSR count). The van der Waals surface area contributed by atoms with Crippen LogP contribution in [0, 0.1) is 0 Å². The lowest BCUT2D eigenvalue weighted by molar-refractivity contribution is 1.42. The summed E-state index contributed by atoms with van der Waals surface area (Å²) in [5, 5.41) is 3.86. The molecule has 0 saturated carbocycles. The third-order valence-electron chi connectivity index (χ3n) is 1.19. The fourth-order valence-corrected chi connectivity index (χ4v) is 1.33. The zero-order valence-corrected chi connectivity index (χ0v) is 9.62. The molecule has 0 amide bonds. The van der Waals surface area contributed by atoms with Crippen molar-refractivity contribution in [2.45, 2.75) is 0 Å². The molecule has 0 aliphatic carbocycles. The van der Waals surface area contributed by atoms with Gasteiger partial charge in [-0.25, -0.2) is 0 Å². The Labute approximate surface area is 96.5 Å². The number of hydrogen-bond acceptors (Lipinski definition) is 4. The van der Waals surface area contributed by atoms with Crippen LogP contribution >= 0.6 is 22.7 Å². The average molecular weight is 237 g/mol. The molecule has 1 N–H and O–H groups in total. The van der Waals surface area contributed by atoms with E-state index in [9.17, 15) is 0 Å². The summed E-state index contributed by atoms with van der Waals surface area (Å²) in [5.74, 6) is 0. The van der Waals surface area contributed by atoms with Crippen molar-refractivity contribution in [2.24, 2.45) is 0 Å². The van der Waals surface area contributed by atoms with Crippen molar-refractivity contribution < 1.29 is 0 Å². The molecule has 3 nitrogen and oxygen atoms in total. The first-order valence-corrected chi connectivity index (χ1v) is 6.11. The third-order valence-corrected chi connectivity index (χ3v) is 2.23. The summed E-state index contributed by atoms with van der Waals surface area (Å²) in [5.41, 5.74) is 3.58. The molecule has 0 saturated heterocycles. The zero-order chi connectivity index (χ0) is 10.6. The smallest absolute Gasteiger partial charge is 0.0791 e. The van der Waals surface area contributed by atoms with Crippen LogP contribution in [-0.4, -0.2) is 15.0 Å². The van der Waals surface area contributed by atoms with Gasteiger partial charge in [0.15, 0.2) is 0 Å². The Morgan fingerprint density at radius 1 is 0.800 bits per heavy atom. The number of aromatic nitrogens is 3. The molecule has 0 fully saturated rings. The number of nitrogens with zero attached hydrogens (tertiary/aromatic N) is 2. The van der Waals surface area contributed by atoms with Gasteiger partial charge in [0.25, 0.3) is 0 Å². The Morgan fingerprint density at radius 2 is 1.33 bits per heavy atom. The van der Waals surface area contributed by atoms with Crippen LogP contribution in [0.4, 0.5) is 0 Å². The highest BCUT2D eigenvalue weighted by atomic mass is 32.1. The standard InChI is InChI=1S/C4H5N.2C3H3NS/c1-2-4-5-3-1;2*1-2-5-3-4-1/h1-5H;2*1-3H. The predicted octanol–water partition coefficient (Wildman–Crippen LogP) is 3.30. The van der Waals surface area contributed by atoms with Crippen LogP contribution in [0.15, 0.2) is 58.7 Å². The Hall–Kier alpha value is -1.46. The minimum absolute atomic E-state index is 1.60. The topological polar surface area (TPSA) is 41.6 Å². The second-order valence-electron chi connectivity index (χ2n) is 2.24. The predicted molar refractivity (Wildman–Crippen MR) is 65.0 cm³/mol. The van der Waals surface area contributed by atoms with E-state index in [4.69, 9.17) is 0 Å². The second-order valence-corrected chi connectivity index (χ2v) is 3.75. The van der Waals surface area contributed by atoms with E-state index in [0.29, 0.717) is 0 Å². The summed E-state index contributed by atoms with van der Waals surface area (Å²) in [6.45, 7) is 0. The Kier molecular flexibility index (Phi) is 7.05. The molecule has 0 aliphatic rings. The highest BCUT2D eigenvalue weighted by Crippen LogP contribution is 1.86. The minimum atomic E-state index is 1.60. The van der Waals surface area contributed by atoms with E-state index in [2.05, 4.69) is 15.0 Å². The molecule has 0 spiro atoms. The Balaban J connectivity index is 0.000000112. The summed E-state index contributed by atoms with van der Waals surface area (Å²) in [6.07, 6.45) is 7.29. The van der Waals surface area contributed by atoms with Gasteiger partial charge in [-0.15, -0.1) is 22.7 Å². The molecule has 0 aliphatic heterocycles. The van der Waals surface area contributed by atoms with Gasteiger partial charge >= 0.3 is 0 Å².